The number of nitrogens with two attached hydrogens (primary N) is 1. The molecule has 30 nitrogen and oxygen atoms in total. The third-order valence-electron chi connectivity index (χ3n) is 13.9. The Kier molecular flexibility index (Phi) is 31.0. The van der Waals surface area contributed by atoms with Crippen molar-refractivity contribution in [3.8, 4) is 0 Å². The minimum atomic E-state index is -1.68. The van der Waals surface area contributed by atoms with Crippen molar-refractivity contribution in [2.24, 2.45) is 17.6 Å². The van der Waals surface area contributed by atoms with E-state index in [1.165, 1.54) is 4.90 Å². The maximum Gasteiger partial charge on any atom is 0.303 e. The molecule has 1 aliphatic heterocycles. The highest BCUT2D eigenvalue weighted by Gasteiger charge is 2.42. The molecule has 1 heterocycles. The molecule has 1 aliphatic rings. The van der Waals surface area contributed by atoms with Crippen LogP contribution in [0.1, 0.15) is 131 Å². The predicted octanol–water partition coefficient (Wildman–Crippen LogP) is -3.26. The van der Waals surface area contributed by atoms with Crippen LogP contribution in [0.2, 0.25) is 0 Å². The summed E-state index contributed by atoms with van der Waals surface area (Å²) in [6.07, 6.45) is -1.26. The second kappa shape index (κ2) is 36.3. The number of benzene rings is 1. The molecule has 15 N–H and O–H groups in total. The first-order valence-electron chi connectivity index (χ1n) is 28.6. The molecular weight excluding hydrogens is 1130 g/mol. The van der Waals surface area contributed by atoms with Gasteiger partial charge in [0, 0.05) is 32.7 Å². The summed E-state index contributed by atoms with van der Waals surface area (Å²) in [4.78, 5) is 197. The fraction of sp³-hybridized carbons (Fsp3) is 0.625. The molecule has 0 aliphatic carbocycles. The van der Waals surface area contributed by atoms with Crippen molar-refractivity contribution >= 4 is 88.6 Å². The van der Waals surface area contributed by atoms with E-state index in [0.29, 0.717) is 12.0 Å². The minimum Gasteiger partial charge on any atom is -0.481 e. The van der Waals surface area contributed by atoms with Gasteiger partial charge in [-0.25, -0.2) is 0 Å². The van der Waals surface area contributed by atoms with Crippen LogP contribution in [0.3, 0.4) is 0 Å². The molecule has 0 spiro atoms. The Morgan fingerprint density at radius 1 is 0.581 bits per heavy atom. The van der Waals surface area contributed by atoms with Gasteiger partial charge in [-0.3, -0.25) is 71.9 Å². The predicted molar refractivity (Wildman–Crippen MR) is 306 cm³/mol. The molecule has 1 aromatic rings. The first-order chi connectivity index (χ1) is 40.4. The molecule has 1 saturated heterocycles. The molecule has 478 valence electrons. The summed E-state index contributed by atoms with van der Waals surface area (Å²) in [7, 11) is 0. The van der Waals surface area contributed by atoms with Gasteiger partial charge >= 0.3 is 11.9 Å². The smallest absolute Gasteiger partial charge is 0.303 e. The number of hydrogen-bond donors (Lipinski definition) is 14. The second-order valence-electron chi connectivity index (χ2n) is 21.6. The molecule has 86 heavy (non-hydrogen) atoms. The van der Waals surface area contributed by atoms with Gasteiger partial charge in [-0.1, -0.05) is 84.7 Å². The average Bonchev–Trinajstić information content (AvgIpc) is 2.47. The number of likely N-dealkylation sites (tertiary alicyclic amines) is 1. The zero-order valence-electron chi connectivity index (χ0n) is 50.1. The number of ketones is 1. The lowest BCUT2D eigenvalue weighted by Crippen LogP contribution is -2.61. The first kappa shape index (κ1) is 73.5. The van der Waals surface area contributed by atoms with Gasteiger partial charge in [-0.2, -0.15) is 0 Å². The van der Waals surface area contributed by atoms with Crippen molar-refractivity contribution in [3.63, 3.8) is 0 Å². The third kappa shape index (κ3) is 24.2. The van der Waals surface area contributed by atoms with Gasteiger partial charge in [0.15, 0.2) is 0 Å². The number of aryl methyl sites for hydroxylation is 1. The van der Waals surface area contributed by atoms with Crippen molar-refractivity contribution in [1.82, 2.24) is 58.1 Å². The number of carboxylic acids is 2. The fourth-order valence-corrected chi connectivity index (χ4v) is 9.00. The fourth-order valence-electron chi connectivity index (χ4n) is 9.00. The Hall–Kier alpha value is -8.57. The van der Waals surface area contributed by atoms with Crippen LogP contribution >= 0.6 is 0 Å². The van der Waals surface area contributed by atoms with E-state index >= 15 is 0 Å². The summed E-state index contributed by atoms with van der Waals surface area (Å²) < 4.78 is 0. The Morgan fingerprint density at radius 3 is 1.58 bits per heavy atom. The average molecular weight is 1220 g/mol. The molecule has 2 rings (SSSR count). The van der Waals surface area contributed by atoms with Gasteiger partial charge in [0.25, 0.3) is 5.91 Å². The first-order valence-corrected chi connectivity index (χ1v) is 28.6. The maximum absolute atomic E-state index is 14.3. The number of nitrogens with one attached hydrogen (secondary N) is 10. The van der Waals surface area contributed by atoms with E-state index in [-0.39, 0.29) is 51.5 Å². The van der Waals surface area contributed by atoms with Gasteiger partial charge < -0.3 is 79.1 Å². The monoisotopic (exact) mass is 1210 g/mol. The van der Waals surface area contributed by atoms with Crippen molar-refractivity contribution in [3.05, 3.63) is 35.4 Å². The molecule has 0 radical (unpaired) electrons. The number of rotatable bonds is 37. The molecule has 0 aromatic heterocycles. The molecule has 12 amide bonds. The molecular formula is C56H86N12O18. The maximum atomic E-state index is 14.3. The molecule has 0 saturated carbocycles. The lowest BCUT2D eigenvalue weighted by atomic mass is 9.98. The Bertz CT molecular complexity index is 2620. The van der Waals surface area contributed by atoms with Crippen LogP contribution in [0.15, 0.2) is 24.3 Å². The summed E-state index contributed by atoms with van der Waals surface area (Å²) in [5.41, 5.74) is 7.02. The largest absolute Gasteiger partial charge is 0.481 e. The Morgan fingerprint density at radius 2 is 1.07 bits per heavy atom. The normalized spacial score (nSPS) is 16.0. The Balaban J connectivity index is 2.16. The SMILES string of the molecule is CCC[C@H](NC(=O)[C@@H]1CCCN1C(=O)[C@@H](NC(=O)[C@@H](NC(=O)[C@H](CCC(=O)O)NC(=O)[C@H](CCC(=O)O)NC(C)=O)C(C)C)C(C)C)C(=O)C(=O)NCC(=O)N[C@@H](CO)C(=O)N[C@H](CC)C(=O)N[C@@H](Cc1ccc(C)cc1)C(=O)N[C@@H](CC)C(N)=O. The van der Waals surface area contributed by atoms with Crippen LogP contribution in [-0.4, -0.2) is 189 Å². The van der Waals surface area contributed by atoms with Gasteiger partial charge in [-0.05, 0) is 69.3 Å². The highest BCUT2D eigenvalue weighted by atomic mass is 16.4. The van der Waals surface area contributed by atoms with Gasteiger partial charge in [0.05, 0.1) is 19.2 Å². The third-order valence-corrected chi connectivity index (χ3v) is 13.9. The van der Waals surface area contributed by atoms with Crippen molar-refractivity contribution in [2.45, 2.75) is 193 Å². The van der Waals surface area contributed by atoms with Gasteiger partial charge in [0.2, 0.25) is 70.8 Å². The van der Waals surface area contributed by atoms with Crippen LogP contribution in [0.4, 0.5) is 0 Å². The van der Waals surface area contributed by atoms with Crippen molar-refractivity contribution in [2.75, 3.05) is 19.7 Å². The molecule has 1 fully saturated rings. The molecule has 0 unspecified atom stereocenters. The van der Waals surface area contributed by atoms with Crippen molar-refractivity contribution in [1.29, 1.82) is 0 Å². The van der Waals surface area contributed by atoms with Crippen LogP contribution < -0.4 is 58.9 Å². The molecule has 10 atom stereocenters. The quantitative estimate of drug-likeness (QED) is 0.0291. The molecule has 0 bridgehead atoms. The van der Waals surface area contributed by atoms with Crippen LogP contribution in [-0.2, 0) is 78.3 Å². The summed E-state index contributed by atoms with van der Waals surface area (Å²) in [5.74, 6) is -15.9. The Labute approximate surface area is 498 Å². The van der Waals surface area contributed by atoms with E-state index < -0.39 is 193 Å². The van der Waals surface area contributed by atoms with E-state index in [1.54, 1.807) is 72.7 Å². The van der Waals surface area contributed by atoms with Crippen LogP contribution in [0, 0.1) is 18.8 Å². The highest BCUT2D eigenvalue weighted by Crippen LogP contribution is 2.22. The van der Waals surface area contributed by atoms with E-state index in [9.17, 15) is 82.1 Å². The number of nitrogens with zero attached hydrogens (tertiary/aromatic N) is 1. The number of amides is 12. The zero-order valence-corrected chi connectivity index (χ0v) is 50.1. The summed E-state index contributed by atoms with van der Waals surface area (Å²) in [6.45, 7) is 12.3. The lowest BCUT2D eigenvalue weighted by Gasteiger charge is -2.33. The number of aliphatic carboxylic acids is 2. The van der Waals surface area contributed by atoms with E-state index in [2.05, 4.69) is 53.2 Å². The molecule has 1 aromatic carbocycles. The van der Waals surface area contributed by atoms with Gasteiger partial charge in [0.1, 0.15) is 54.4 Å². The zero-order chi connectivity index (χ0) is 65.1. The van der Waals surface area contributed by atoms with Gasteiger partial charge in [-0.15, -0.1) is 0 Å². The van der Waals surface area contributed by atoms with E-state index in [0.717, 1.165) is 12.5 Å². The minimum absolute atomic E-state index is 0.00841. The highest BCUT2D eigenvalue weighted by molar-refractivity contribution is 6.38. The number of Topliss-reactive ketones (excluding diaryl/α,β-unsaturated/α-hetero) is 1. The summed E-state index contributed by atoms with van der Waals surface area (Å²) in [6, 6.07) is -6.50. The van der Waals surface area contributed by atoms with Crippen molar-refractivity contribution < 1.29 is 87.2 Å². The second-order valence-corrected chi connectivity index (χ2v) is 21.6. The number of carbonyl (C=O) groups excluding carboxylic acids is 13. The number of carbonyl (C=O) groups is 15. The molecule has 30 heteroatoms. The van der Waals surface area contributed by atoms with Crippen LogP contribution in [0.25, 0.3) is 0 Å². The number of carboxylic acid groups (broad SMARTS) is 2. The number of aliphatic hydroxyl groups excluding tert-OH is 1. The topological polar surface area (TPSA) is 466 Å². The van der Waals surface area contributed by atoms with Crippen LogP contribution in [0.5, 0.6) is 0 Å². The lowest BCUT2D eigenvalue weighted by molar-refractivity contribution is -0.144. The van der Waals surface area contributed by atoms with E-state index in [1.807, 2.05) is 6.92 Å². The summed E-state index contributed by atoms with van der Waals surface area (Å²) >= 11 is 0. The number of aliphatic hydroxyl groups is 1. The number of primary amides is 1. The standard InChI is InChI=1S/C56H86N12O18/c1-10-14-35(46(76)55(85)58-26-41(71)60-39(27-69)52(82)62-34(12-3)48(78)65-38(25-32-18-16-30(8)17-19-32)51(81)61-33(11-2)47(57)77)63-53(83)40-15-13-24-68(40)56(86)45(29(6)7)67-54(84)44(28(4)5)66-50(80)37(21-23-43(74)75)64-49(79)36(59-31(9)70)20-22-42(72)73/h16-19,28-29,33-40,44-45,69H,10-15,20-27H2,1-9H3,(H2,57,77)(H,58,85)(H,59,70)(H,60,71)(H,61,81)(H,62,82)(H,63,83)(H,64,79)(H,65,78)(H,66,80)(H,67,84)(H,72,73)(H,74,75)/t33-,34+,35-,36-,37-,38-,39-,40-,44-,45-/m0/s1. The number of hydrogen-bond acceptors (Lipinski definition) is 16. The summed E-state index contributed by atoms with van der Waals surface area (Å²) in [5, 5.41) is 52.8. The van der Waals surface area contributed by atoms with E-state index in [4.69, 9.17) is 10.8 Å².